The molecule has 6 atom stereocenters. The molecule has 0 saturated carbocycles. The molecule has 378 valence electrons. The Morgan fingerprint density at radius 3 is 1.81 bits per heavy atom. The van der Waals surface area contributed by atoms with Gasteiger partial charge in [-0.3, -0.25) is 4.79 Å². The molecule has 0 radical (unpaired) electrons. The summed E-state index contributed by atoms with van der Waals surface area (Å²) in [6.45, 7) is 2.12. The lowest BCUT2D eigenvalue weighted by molar-refractivity contribution is -0.224. The van der Waals surface area contributed by atoms with Crippen molar-refractivity contribution in [3.05, 3.63) is 180 Å². The van der Waals surface area contributed by atoms with Crippen LogP contribution in [0.2, 0.25) is 0 Å². The lowest BCUT2D eigenvalue weighted by atomic mass is 9.95. The van der Waals surface area contributed by atoms with Gasteiger partial charge < -0.3 is 53.8 Å². The molecule has 3 N–H and O–H groups in total. The molecule has 1 aliphatic carbocycles. The molecule has 3 amide bonds. The van der Waals surface area contributed by atoms with Gasteiger partial charge in [-0.1, -0.05) is 187 Å². The minimum atomic E-state index is -2.02. The SMILES string of the molecule is C=CCOC(=O)[C@H](CC(=O)N[C@@H]1O[C@H](COCc2ccccc2)[C@@H](OC(=O)OCC2c3ccccc3-c3ccccc32)[C@H](OCc2ccccc2)[C@H]1NC(=O)OCC(Cl)(Cl)Cl)NC(=O)OCc1ccccc1. The largest absolute Gasteiger partial charge is 0.508 e. The van der Waals surface area contributed by atoms with Gasteiger partial charge in [0.15, 0.2) is 12.3 Å². The molecule has 5 aromatic carbocycles. The molecule has 1 aliphatic heterocycles. The number of halogens is 3. The zero-order valence-corrected chi connectivity index (χ0v) is 41.0. The van der Waals surface area contributed by atoms with E-state index in [9.17, 15) is 24.0 Å². The Kier molecular flexibility index (Phi) is 19.3. The Bertz CT molecular complexity index is 2560. The Morgan fingerprint density at radius 2 is 1.21 bits per heavy atom. The van der Waals surface area contributed by atoms with Crippen molar-refractivity contribution in [3.63, 3.8) is 0 Å². The zero-order chi connectivity index (χ0) is 50.9. The number of hydrogen-bond donors (Lipinski definition) is 3. The molecule has 16 nitrogen and oxygen atoms in total. The zero-order valence-electron chi connectivity index (χ0n) is 38.7. The van der Waals surface area contributed by atoms with Crippen LogP contribution in [0.3, 0.4) is 0 Å². The summed E-state index contributed by atoms with van der Waals surface area (Å²) < 4.78 is 45.1. The van der Waals surface area contributed by atoms with Gasteiger partial charge in [0, 0.05) is 5.92 Å². The molecule has 1 saturated heterocycles. The predicted molar refractivity (Wildman–Crippen MR) is 266 cm³/mol. The number of carbonyl (C=O) groups excluding carboxylic acids is 5. The van der Waals surface area contributed by atoms with E-state index in [-0.39, 0.29) is 45.6 Å². The molecule has 0 unspecified atom stereocenters. The highest BCUT2D eigenvalue weighted by atomic mass is 35.6. The van der Waals surface area contributed by atoms with Crippen LogP contribution < -0.4 is 16.0 Å². The molecule has 19 heteroatoms. The minimum absolute atomic E-state index is 0.0938. The maximum Gasteiger partial charge on any atom is 0.508 e. The van der Waals surface area contributed by atoms with Gasteiger partial charge in [0.2, 0.25) is 9.70 Å². The molecule has 2 aliphatic rings. The van der Waals surface area contributed by atoms with E-state index in [4.69, 9.17) is 72.7 Å². The molecule has 0 spiro atoms. The summed E-state index contributed by atoms with van der Waals surface area (Å²) in [4.78, 5) is 68.3. The van der Waals surface area contributed by atoms with E-state index < -0.39 is 83.7 Å². The average Bonchev–Trinajstić information content (AvgIpc) is 3.70. The molecule has 0 aromatic heterocycles. The Labute approximate surface area is 431 Å². The smallest absolute Gasteiger partial charge is 0.460 e. The number of benzene rings is 5. The highest BCUT2D eigenvalue weighted by Gasteiger charge is 2.51. The van der Waals surface area contributed by atoms with Crippen LogP contribution in [0.1, 0.15) is 40.2 Å². The van der Waals surface area contributed by atoms with Crippen LogP contribution in [-0.2, 0) is 67.3 Å². The minimum Gasteiger partial charge on any atom is -0.460 e. The summed E-state index contributed by atoms with van der Waals surface area (Å²) in [6, 6.07) is 39.7. The van der Waals surface area contributed by atoms with Crippen LogP contribution in [0.15, 0.2) is 152 Å². The molecule has 1 heterocycles. The molecule has 7 rings (SSSR count). The summed E-state index contributed by atoms with van der Waals surface area (Å²) in [6.07, 6.45) is -8.26. The number of alkyl halides is 3. The third kappa shape index (κ3) is 15.4. The van der Waals surface area contributed by atoms with Crippen molar-refractivity contribution in [3.8, 4) is 11.1 Å². The Morgan fingerprint density at radius 1 is 0.639 bits per heavy atom. The van der Waals surface area contributed by atoms with Gasteiger partial charge in [-0.05, 0) is 38.9 Å². The van der Waals surface area contributed by atoms with E-state index in [2.05, 4.69) is 22.5 Å². The highest BCUT2D eigenvalue weighted by Crippen LogP contribution is 2.44. The Hall–Kier alpha value is -6.66. The van der Waals surface area contributed by atoms with Gasteiger partial charge >= 0.3 is 24.3 Å². The molecular formula is C53H52Cl3N3O13. The number of ether oxygens (including phenoxy) is 8. The van der Waals surface area contributed by atoms with Crippen LogP contribution in [0.5, 0.6) is 0 Å². The van der Waals surface area contributed by atoms with Gasteiger partial charge in [-0.2, -0.15) is 0 Å². The van der Waals surface area contributed by atoms with Crippen molar-refractivity contribution in [1.29, 1.82) is 0 Å². The number of fused-ring (bicyclic) bond motifs is 3. The fourth-order valence-electron chi connectivity index (χ4n) is 8.14. The first-order valence-electron chi connectivity index (χ1n) is 22.8. The van der Waals surface area contributed by atoms with Gasteiger partial charge in [0.25, 0.3) is 0 Å². The van der Waals surface area contributed by atoms with Crippen LogP contribution in [-0.4, -0.2) is 97.1 Å². The van der Waals surface area contributed by atoms with E-state index in [0.29, 0.717) is 11.1 Å². The molecule has 5 aromatic rings. The normalized spacial score (nSPS) is 18.5. The van der Waals surface area contributed by atoms with E-state index in [0.717, 1.165) is 27.8 Å². The Balaban J connectivity index is 1.18. The summed E-state index contributed by atoms with van der Waals surface area (Å²) in [5, 5.41) is 7.74. The fourth-order valence-corrected chi connectivity index (χ4v) is 8.30. The number of nitrogens with one attached hydrogen (secondary N) is 3. The van der Waals surface area contributed by atoms with Gasteiger partial charge in [0.05, 0.1) is 26.2 Å². The van der Waals surface area contributed by atoms with Crippen molar-refractivity contribution in [1.82, 2.24) is 16.0 Å². The van der Waals surface area contributed by atoms with Crippen LogP contribution in [0, 0.1) is 0 Å². The lowest BCUT2D eigenvalue weighted by Gasteiger charge is -2.45. The highest BCUT2D eigenvalue weighted by molar-refractivity contribution is 6.67. The first-order chi connectivity index (χ1) is 34.8. The summed E-state index contributed by atoms with van der Waals surface area (Å²) >= 11 is 17.8. The van der Waals surface area contributed by atoms with Crippen molar-refractivity contribution in [2.45, 2.75) is 72.6 Å². The second-order valence-corrected chi connectivity index (χ2v) is 19.1. The van der Waals surface area contributed by atoms with E-state index in [1.807, 2.05) is 84.9 Å². The second-order valence-electron chi connectivity index (χ2n) is 16.5. The number of esters is 1. The molecule has 1 fully saturated rings. The molecular weight excluding hydrogens is 993 g/mol. The maximum atomic E-state index is 14.2. The molecule has 0 bridgehead atoms. The first-order valence-corrected chi connectivity index (χ1v) is 24.0. The van der Waals surface area contributed by atoms with Crippen molar-refractivity contribution in [2.24, 2.45) is 0 Å². The topological polar surface area (TPSA) is 195 Å². The summed E-state index contributed by atoms with van der Waals surface area (Å²) in [5.41, 5.74) is 6.13. The van der Waals surface area contributed by atoms with Crippen molar-refractivity contribution >= 4 is 65.0 Å². The second kappa shape index (κ2) is 26.2. The van der Waals surface area contributed by atoms with Crippen LogP contribution >= 0.6 is 34.8 Å². The maximum absolute atomic E-state index is 14.2. The average molecular weight is 1050 g/mol. The van der Waals surface area contributed by atoms with E-state index in [1.54, 1.807) is 54.6 Å². The predicted octanol–water partition coefficient (Wildman–Crippen LogP) is 8.84. The standard InChI is InChI=1S/C53H52Cl3N3O13/c1-2-26-66-49(61)42(57-50(62)68-30-36-20-10-5-11-21-36)27-44(60)58-48-45(59-51(63)70-33-53(54,55)56)47(67-29-35-18-8-4-9-19-35)46(43(71-48)32-65-28-34-16-6-3-7-17-34)72-52(64)69-31-41-39-24-14-12-22-37(39)38-23-13-15-25-40(38)41/h2-25,41-43,45-48H,1,26-33H2,(H,57,62)(H,58,60)(H,59,63)/t42-,43+,45+,46+,47+,48+/m0/s1. The third-order valence-electron chi connectivity index (χ3n) is 11.4. The number of hydrogen-bond acceptors (Lipinski definition) is 13. The van der Waals surface area contributed by atoms with Crippen molar-refractivity contribution < 1.29 is 61.9 Å². The first kappa shape index (κ1) is 53.1. The summed E-state index contributed by atoms with van der Waals surface area (Å²) in [7, 11) is 0. The number of carbonyl (C=O) groups is 5. The third-order valence-corrected chi connectivity index (χ3v) is 11.7. The fraction of sp³-hybridized carbons (Fsp3) is 0.302. The van der Waals surface area contributed by atoms with Crippen LogP contribution in [0.25, 0.3) is 11.1 Å². The van der Waals surface area contributed by atoms with E-state index >= 15 is 0 Å². The van der Waals surface area contributed by atoms with Gasteiger partial charge in [0.1, 0.15) is 50.7 Å². The lowest BCUT2D eigenvalue weighted by Crippen LogP contribution is -2.69. The van der Waals surface area contributed by atoms with E-state index in [1.165, 1.54) is 6.08 Å². The quantitative estimate of drug-likeness (QED) is 0.0273. The molecule has 72 heavy (non-hydrogen) atoms. The van der Waals surface area contributed by atoms with Gasteiger partial charge in [-0.15, -0.1) is 0 Å². The summed E-state index contributed by atoms with van der Waals surface area (Å²) in [5.74, 6) is -2.18. The monoisotopic (exact) mass is 1040 g/mol. The number of alkyl carbamates (subject to hydrolysis) is 2. The van der Waals surface area contributed by atoms with Gasteiger partial charge in [-0.25, -0.2) is 19.2 Å². The number of rotatable bonds is 21. The van der Waals surface area contributed by atoms with Crippen LogP contribution in [0.4, 0.5) is 14.4 Å². The van der Waals surface area contributed by atoms with Crippen molar-refractivity contribution in [2.75, 3.05) is 26.4 Å². The number of amides is 3.